The fourth-order valence-electron chi connectivity index (χ4n) is 1.09. The molecule has 2 heterocycles. The van der Waals surface area contributed by atoms with Crippen LogP contribution in [0.2, 0.25) is 0 Å². The van der Waals surface area contributed by atoms with E-state index in [0.717, 1.165) is 18.7 Å². The fourth-order valence-corrected chi connectivity index (χ4v) is 1.09. The van der Waals surface area contributed by atoms with Crippen LogP contribution in [0.15, 0.2) is 17.3 Å². The van der Waals surface area contributed by atoms with Crippen LogP contribution in [0.4, 0.5) is 5.82 Å². The van der Waals surface area contributed by atoms with Gasteiger partial charge in [-0.25, -0.2) is 4.99 Å². The van der Waals surface area contributed by atoms with Gasteiger partial charge in [0, 0.05) is 12.4 Å². The Balaban J connectivity index is 2.53. The van der Waals surface area contributed by atoms with Crippen LogP contribution in [0.3, 0.4) is 0 Å². The van der Waals surface area contributed by atoms with Gasteiger partial charge < -0.3 is 4.98 Å². The number of aryl methyl sites for hydroxylation is 1. The number of aliphatic imine (C=N–C) groups is 1. The van der Waals surface area contributed by atoms with Crippen molar-refractivity contribution in [1.29, 1.82) is 0 Å². The molecule has 2 nitrogen and oxygen atoms in total. The van der Waals surface area contributed by atoms with Gasteiger partial charge in [0.25, 0.3) is 0 Å². The maximum atomic E-state index is 4.17. The van der Waals surface area contributed by atoms with Crippen molar-refractivity contribution in [2.45, 2.75) is 12.8 Å². The Morgan fingerprint density at radius 2 is 2.56 bits per heavy atom. The van der Waals surface area contributed by atoms with E-state index >= 15 is 0 Å². The zero-order valence-corrected chi connectivity index (χ0v) is 5.09. The van der Waals surface area contributed by atoms with Gasteiger partial charge in [0.15, 0.2) is 0 Å². The summed E-state index contributed by atoms with van der Waals surface area (Å²) in [4.78, 5) is 7.23. The summed E-state index contributed by atoms with van der Waals surface area (Å²) in [5, 5.41) is 0. The molecule has 1 aliphatic rings. The van der Waals surface area contributed by atoms with Crippen LogP contribution in [0, 0.1) is 0 Å². The number of fused-ring (bicyclic) bond motifs is 1. The summed E-state index contributed by atoms with van der Waals surface area (Å²) in [6, 6.07) is 2.09. The molecule has 0 aliphatic carbocycles. The largest absolute Gasteiger partial charge is 0.346 e. The van der Waals surface area contributed by atoms with Crippen molar-refractivity contribution in [3.05, 3.63) is 17.8 Å². The molecule has 1 aromatic rings. The van der Waals surface area contributed by atoms with Gasteiger partial charge in [0.1, 0.15) is 5.82 Å². The zero-order chi connectivity index (χ0) is 6.10. The molecule has 0 bridgehead atoms. The highest BCUT2D eigenvalue weighted by Crippen LogP contribution is 2.20. The lowest BCUT2D eigenvalue weighted by atomic mass is 10.1. The molecule has 0 radical (unpaired) electrons. The zero-order valence-electron chi connectivity index (χ0n) is 5.09. The van der Waals surface area contributed by atoms with E-state index in [4.69, 9.17) is 0 Å². The third kappa shape index (κ3) is 0.669. The Labute approximate surface area is 53.6 Å². The van der Waals surface area contributed by atoms with Crippen molar-refractivity contribution in [2.24, 2.45) is 4.99 Å². The average molecular weight is 120 g/mol. The Kier molecular flexibility index (Phi) is 0.918. The van der Waals surface area contributed by atoms with Gasteiger partial charge in [0.05, 0.1) is 0 Å². The Hall–Kier alpha value is -1.05. The van der Waals surface area contributed by atoms with Crippen molar-refractivity contribution in [3.63, 3.8) is 0 Å². The van der Waals surface area contributed by atoms with Crippen LogP contribution in [-0.4, -0.2) is 11.2 Å². The van der Waals surface area contributed by atoms with E-state index in [9.17, 15) is 0 Å². The predicted molar refractivity (Wildman–Crippen MR) is 37.3 cm³/mol. The molecule has 0 amide bonds. The first-order chi connectivity index (χ1) is 4.47. The second-order valence-electron chi connectivity index (χ2n) is 2.20. The van der Waals surface area contributed by atoms with E-state index in [-0.39, 0.29) is 0 Å². The first-order valence-electron chi connectivity index (χ1n) is 3.15. The molecule has 1 aliphatic heterocycles. The fraction of sp³-hybridized carbons (Fsp3) is 0.286. The summed E-state index contributed by atoms with van der Waals surface area (Å²) >= 11 is 0. The molecule has 0 unspecified atom stereocenters. The summed E-state index contributed by atoms with van der Waals surface area (Å²) in [6.45, 7) is 0. The molecule has 1 N–H and O–H groups in total. The highest BCUT2D eigenvalue weighted by molar-refractivity contribution is 5.66. The first kappa shape index (κ1) is 4.79. The number of hydrogen-bond acceptors (Lipinski definition) is 1. The maximum absolute atomic E-state index is 4.17. The van der Waals surface area contributed by atoms with Crippen molar-refractivity contribution in [1.82, 2.24) is 4.98 Å². The van der Waals surface area contributed by atoms with Gasteiger partial charge in [-0.05, 0) is 24.5 Å². The van der Waals surface area contributed by atoms with Crippen molar-refractivity contribution in [2.75, 3.05) is 0 Å². The van der Waals surface area contributed by atoms with Gasteiger partial charge >= 0.3 is 0 Å². The van der Waals surface area contributed by atoms with Gasteiger partial charge in [-0.2, -0.15) is 0 Å². The van der Waals surface area contributed by atoms with Crippen molar-refractivity contribution < 1.29 is 0 Å². The smallest absolute Gasteiger partial charge is 0.132 e. The molecule has 0 saturated carbocycles. The number of aromatic amines is 1. The van der Waals surface area contributed by atoms with Crippen LogP contribution in [0.25, 0.3) is 0 Å². The monoisotopic (exact) mass is 120 g/mol. The molecule has 0 saturated heterocycles. The lowest BCUT2D eigenvalue weighted by Gasteiger charge is -2.00. The average Bonchev–Trinajstić information content (AvgIpc) is 2.33. The molecule has 1 aromatic heterocycles. The van der Waals surface area contributed by atoms with Crippen LogP contribution < -0.4 is 0 Å². The molecule has 0 fully saturated rings. The second kappa shape index (κ2) is 1.72. The quantitative estimate of drug-likeness (QED) is 0.539. The normalized spacial score (nSPS) is 15.6. The second-order valence-corrected chi connectivity index (χ2v) is 2.20. The summed E-state index contributed by atoms with van der Waals surface area (Å²) in [5.41, 5.74) is 1.34. The predicted octanol–water partition coefficient (Wildman–Crippen LogP) is 1.66. The highest BCUT2D eigenvalue weighted by Gasteiger charge is 2.03. The van der Waals surface area contributed by atoms with E-state index < -0.39 is 0 Å². The van der Waals surface area contributed by atoms with Crippen LogP contribution in [-0.2, 0) is 6.42 Å². The van der Waals surface area contributed by atoms with E-state index in [0.29, 0.717) is 0 Å². The number of nitrogens with one attached hydrogen (secondary N) is 1. The molecular weight excluding hydrogens is 112 g/mol. The van der Waals surface area contributed by atoms with Gasteiger partial charge in [0.2, 0.25) is 0 Å². The van der Waals surface area contributed by atoms with Crippen LogP contribution in [0.5, 0.6) is 0 Å². The molecular formula is C7H8N2. The molecule has 2 rings (SSSR count). The topological polar surface area (TPSA) is 28.1 Å². The number of hydrogen-bond donors (Lipinski definition) is 1. The Morgan fingerprint density at radius 3 is 3.44 bits per heavy atom. The lowest BCUT2D eigenvalue weighted by molar-refractivity contribution is 1.03. The molecule has 2 heteroatoms. The summed E-state index contributed by atoms with van der Waals surface area (Å²) in [7, 11) is 0. The molecule has 0 spiro atoms. The summed E-state index contributed by atoms with van der Waals surface area (Å²) < 4.78 is 0. The van der Waals surface area contributed by atoms with Crippen molar-refractivity contribution in [3.8, 4) is 0 Å². The summed E-state index contributed by atoms with van der Waals surface area (Å²) in [5.74, 6) is 1.04. The highest BCUT2D eigenvalue weighted by atomic mass is 14.9. The van der Waals surface area contributed by atoms with E-state index in [1.54, 1.807) is 0 Å². The third-order valence-corrected chi connectivity index (χ3v) is 1.57. The molecule has 0 atom stereocenters. The van der Waals surface area contributed by atoms with Crippen molar-refractivity contribution >= 4 is 12.0 Å². The molecule has 9 heavy (non-hydrogen) atoms. The number of rotatable bonds is 0. The Bertz CT molecular complexity index is 235. The minimum atomic E-state index is 1.04. The van der Waals surface area contributed by atoms with E-state index in [1.165, 1.54) is 5.56 Å². The number of nitrogens with zero attached hydrogens (tertiary/aromatic N) is 1. The van der Waals surface area contributed by atoms with E-state index in [1.807, 2.05) is 12.4 Å². The minimum absolute atomic E-state index is 1.04. The minimum Gasteiger partial charge on any atom is -0.346 e. The maximum Gasteiger partial charge on any atom is 0.132 e. The molecule has 0 aromatic carbocycles. The Morgan fingerprint density at radius 1 is 1.56 bits per heavy atom. The summed E-state index contributed by atoms with van der Waals surface area (Å²) in [6.07, 6.45) is 6.12. The van der Waals surface area contributed by atoms with E-state index in [2.05, 4.69) is 16.0 Å². The lowest BCUT2D eigenvalue weighted by Crippen LogP contribution is -1.89. The van der Waals surface area contributed by atoms with Crippen LogP contribution >= 0.6 is 0 Å². The van der Waals surface area contributed by atoms with Gasteiger partial charge in [-0.15, -0.1) is 0 Å². The SMILES string of the molecule is C1=Nc2[nH]ccc2CC1. The number of H-pyrrole nitrogens is 1. The van der Waals surface area contributed by atoms with Gasteiger partial charge in [-0.3, -0.25) is 0 Å². The van der Waals surface area contributed by atoms with Crippen LogP contribution in [0.1, 0.15) is 12.0 Å². The first-order valence-corrected chi connectivity index (χ1v) is 3.15. The number of aromatic nitrogens is 1. The molecule has 46 valence electrons. The third-order valence-electron chi connectivity index (χ3n) is 1.57. The standard InChI is InChI=1S/C7H8N2/c1-2-6-3-5-9-7(6)8-4-1/h3-5,9H,1-2H2. The van der Waals surface area contributed by atoms with Gasteiger partial charge in [-0.1, -0.05) is 0 Å².